The van der Waals surface area contributed by atoms with Crippen LogP contribution in [0.3, 0.4) is 0 Å². The van der Waals surface area contributed by atoms with Crippen LogP contribution in [0.5, 0.6) is 11.5 Å². The van der Waals surface area contributed by atoms with Gasteiger partial charge in [-0.05, 0) is 31.5 Å². The van der Waals surface area contributed by atoms with Crippen LogP contribution < -0.4 is 9.47 Å². The zero-order valence-corrected chi connectivity index (χ0v) is 14.5. The van der Waals surface area contributed by atoms with E-state index in [1.54, 1.807) is 25.1 Å². The number of nitrogens with zero attached hydrogens (tertiary/aromatic N) is 1. The van der Waals surface area contributed by atoms with Gasteiger partial charge in [0, 0.05) is 19.5 Å². The molecule has 118 valence electrons. The van der Waals surface area contributed by atoms with Crippen LogP contribution >= 0.6 is 23.2 Å². The Hall–Kier alpha value is -1.13. The van der Waals surface area contributed by atoms with E-state index in [1.165, 1.54) is 7.11 Å². The van der Waals surface area contributed by atoms with Crippen LogP contribution in [0.25, 0.3) is 0 Å². The van der Waals surface area contributed by atoms with Crippen molar-refractivity contribution in [2.45, 2.75) is 20.4 Å². The molecule has 1 rings (SSSR count). The summed E-state index contributed by atoms with van der Waals surface area (Å²) in [6.07, 6.45) is 0. The highest BCUT2D eigenvalue weighted by Crippen LogP contribution is 2.36. The minimum absolute atomic E-state index is 0.0246. The second-order valence-corrected chi connectivity index (χ2v) is 6.17. The lowest BCUT2D eigenvalue weighted by atomic mass is 9.94. The third-order valence-corrected chi connectivity index (χ3v) is 4.12. The van der Waals surface area contributed by atoms with Crippen LogP contribution in [0.2, 0.25) is 5.02 Å². The van der Waals surface area contributed by atoms with E-state index in [0.29, 0.717) is 23.1 Å². The van der Waals surface area contributed by atoms with Crippen LogP contribution in [0, 0.1) is 5.41 Å². The lowest BCUT2D eigenvalue weighted by Gasteiger charge is -2.27. The molecule has 1 aromatic carbocycles. The van der Waals surface area contributed by atoms with Crippen LogP contribution in [-0.4, -0.2) is 38.0 Å². The number of hydrogen-bond donors (Lipinski definition) is 0. The summed E-state index contributed by atoms with van der Waals surface area (Å²) >= 11 is 12.0. The normalized spacial score (nSPS) is 11.2. The molecule has 0 saturated carbocycles. The third kappa shape index (κ3) is 4.17. The molecule has 0 aliphatic rings. The van der Waals surface area contributed by atoms with Crippen LogP contribution in [0.4, 0.5) is 0 Å². The molecule has 0 fully saturated rings. The first-order valence-corrected chi connectivity index (χ1v) is 7.40. The molecule has 0 aliphatic heterocycles. The lowest BCUT2D eigenvalue weighted by molar-refractivity contribution is -0.138. The Morgan fingerprint density at radius 2 is 1.90 bits per heavy atom. The van der Waals surface area contributed by atoms with Gasteiger partial charge in [0.05, 0.1) is 24.7 Å². The fraction of sp³-hybridized carbons (Fsp3) is 0.533. The molecule has 4 nitrogen and oxygen atoms in total. The molecule has 21 heavy (non-hydrogen) atoms. The Kier molecular flexibility index (Phi) is 6.17. The zero-order chi connectivity index (χ0) is 16.2. The van der Waals surface area contributed by atoms with Crippen LogP contribution in [0.15, 0.2) is 12.1 Å². The first kappa shape index (κ1) is 17.9. The van der Waals surface area contributed by atoms with Gasteiger partial charge in [-0.25, -0.2) is 0 Å². The number of benzene rings is 1. The molecular weight excluding hydrogens is 313 g/mol. The quantitative estimate of drug-likeness (QED) is 0.747. The Morgan fingerprint density at radius 1 is 1.29 bits per heavy atom. The van der Waals surface area contributed by atoms with Gasteiger partial charge in [0.1, 0.15) is 0 Å². The fourth-order valence-electron chi connectivity index (χ4n) is 1.98. The van der Waals surface area contributed by atoms with Crippen molar-refractivity contribution >= 4 is 29.1 Å². The van der Waals surface area contributed by atoms with Gasteiger partial charge < -0.3 is 14.4 Å². The van der Waals surface area contributed by atoms with E-state index in [-0.39, 0.29) is 11.8 Å². The second kappa shape index (κ2) is 7.23. The maximum absolute atomic E-state index is 12.3. The Labute approximate surface area is 135 Å². The maximum Gasteiger partial charge on any atom is 0.229 e. The maximum atomic E-state index is 12.3. The molecule has 1 aromatic rings. The SMILES string of the molecule is COc1cc(CN(C)C(=O)C(C)(C)CCl)cc(Cl)c1OC. The highest BCUT2D eigenvalue weighted by molar-refractivity contribution is 6.32. The van der Waals surface area contributed by atoms with Crippen molar-refractivity contribution in [3.63, 3.8) is 0 Å². The number of carbonyl (C=O) groups is 1. The van der Waals surface area contributed by atoms with Crippen molar-refractivity contribution in [3.05, 3.63) is 22.7 Å². The summed E-state index contributed by atoms with van der Waals surface area (Å²) in [6.45, 7) is 4.06. The molecule has 0 atom stereocenters. The molecule has 0 unspecified atom stereocenters. The Bertz CT molecular complexity index is 518. The van der Waals surface area contributed by atoms with Crippen molar-refractivity contribution < 1.29 is 14.3 Å². The van der Waals surface area contributed by atoms with E-state index in [9.17, 15) is 4.79 Å². The van der Waals surface area contributed by atoms with Crippen LogP contribution in [-0.2, 0) is 11.3 Å². The molecule has 0 bridgehead atoms. The fourth-order valence-corrected chi connectivity index (χ4v) is 2.41. The predicted octanol–water partition coefficient (Wildman–Crippen LogP) is 3.58. The summed E-state index contributed by atoms with van der Waals surface area (Å²) in [5.41, 5.74) is 0.260. The van der Waals surface area contributed by atoms with Crippen molar-refractivity contribution in [1.82, 2.24) is 4.90 Å². The highest BCUT2D eigenvalue weighted by Gasteiger charge is 2.29. The van der Waals surface area contributed by atoms with Gasteiger partial charge in [-0.15, -0.1) is 11.6 Å². The predicted molar refractivity (Wildman–Crippen MR) is 85.5 cm³/mol. The van der Waals surface area contributed by atoms with E-state index < -0.39 is 5.41 Å². The van der Waals surface area contributed by atoms with E-state index in [4.69, 9.17) is 32.7 Å². The summed E-state index contributed by atoms with van der Waals surface area (Å²) in [6, 6.07) is 3.57. The summed E-state index contributed by atoms with van der Waals surface area (Å²) in [5.74, 6) is 1.27. The monoisotopic (exact) mass is 333 g/mol. The largest absolute Gasteiger partial charge is 0.493 e. The number of hydrogen-bond acceptors (Lipinski definition) is 3. The summed E-state index contributed by atoms with van der Waals surface area (Å²) in [7, 11) is 4.81. The van der Waals surface area contributed by atoms with Crippen molar-refractivity contribution in [3.8, 4) is 11.5 Å². The number of halogens is 2. The van der Waals surface area contributed by atoms with Gasteiger partial charge in [-0.3, -0.25) is 4.79 Å². The number of carbonyl (C=O) groups excluding carboxylic acids is 1. The number of rotatable bonds is 6. The second-order valence-electron chi connectivity index (χ2n) is 5.49. The number of alkyl halides is 1. The van der Waals surface area contributed by atoms with Gasteiger partial charge >= 0.3 is 0 Å². The molecule has 0 aromatic heterocycles. The third-order valence-electron chi connectivity index (χ3n) is 3.17. The molecule has 6 heteroatoms. The molecule has 1 amide bonds. The summed E-state index contributed by atoms with van der Waals surface area (Å²) in [5, 5.41) is 0.448. The van der Waals surface area contributed by atoms with E-state index in [0.717, 1.165) is 5.56 Å². The van der Waals surface area contributed by atoms with Gasteiger partial charge in [0.2, 0.25) is 5.91 Å². The first-order valence-electron chi connectivity index (χ1n) is 6.48. The molecule has 0 radical (unpaired) electrons. The summed E-state index contributed by atoms with van der Waals surface area (Å²) in [4.78, 5) is 13.9. The van der Waals surface area contributed by atoms with Crippen molar-refractivity contribution in [2.24, 2.45) is 5.41 Å². The van der Waals surface area contributed by atoms with Gasteiger partial charge in [-0.2, -0.15) is 0 Å². The molecule has 0 saturated heterocycles. The van der Waals surface area contributed by atoms with Gasteiger partial charge in [0.25, 0.3) is 0 Å². The minimum Gasteiger partial charge on any atom is -0.493 e. The van der Waals surface area contributed by atoms with Crippen LogP contribution in [0.1, 0.15) is 19.4 Å². The van der Waals surface area contributed by atoms with E-state index >= 15 is 0 Å². The number of ether oxygens (including phenoxy) is 2. The average molecular weight is 334 g/mol. The first-order chi connectivity index (χ1) is 9.76. The zero-order valence-electron chi connectivity index (χ0n) is 13.0. The van der Waals surface area contributed by atoms with Crippen molar-refractivity contribution in [1.29, 1.82) is 0 Å². The molecular formula is C15H21Cl2NO3. The minimum atomic E-state index is -0.601. The standard InChI is InChI=1S/C15H21Cl2NO3/c1-15(2,9-16)14(19)18(3)8-10-6-11(17)13(21-5)12(7-10)20-4/h6-7H,8-9H2,1-5H3. The number of methoxy groups -OCH3 is 2. The van der Waals surface area contributed by atoms with E-state index in [2.05, 4.69) is 0 Å². The van der Waals surface area contributed by atoms with E-state index in [1.807, 2.05) is 19.9 Å². The molecule has 0 aliphatic carbocycles. The van der Waals surface area contributed by atoms with Crippen molar-refractivity contribution in [2.75, 3.05) is 27.1 Å². The average Bonchev–Trinajstić information content (AvgIpc) is 2.45. The Balaban J connectivity index is 2.98. The highest BCUT2D eigenvalue weighted by atomic mass is 35.5. The van der Waals surface area contributed by atoms with Gasteiger partial charge in [0.15, 0.2) is 11.5 Å². The Morgan fingerprint density at radius 3 is 2.38 bits per heavy atom. The topological polar surface area (TPSA) is 38.8 Å². The lowest BCUT2D eigenvalue weighted by Crippen LogP contribution is -2.39. The molecule has 0 heterocycles. The molecule has 0 N–H and O–H groups in total. The smallest absolute Gasteiger partial charge is 0.229 e. The number of amides is 1. The molecule has 0 spiro atoms. The summed E-state index contributed by atoms with van der Waals surface area (Å²) < 4.78 is 10.4. The van der Waals surface area contributed by atoms with Gasteiger partial charge in [-0.1, -0.05) is 11.6 Å².